The van der Waals surface area contributed by atoms with Crippen molar-refractivity contribution in [3.63, 3.8) is 0 Å². The van der Waals surface area contributed by atoms with E-state index in [2.05, 4.69) is 5.32 Å². The molecular weight excluding hydrogens is 524 g/mol. The van der Waals surface area contributed by atoms with Crippen LogP contribution in [0.1, 0.15) is 11.1 Å². The number of carbonyl (C=O) groups excluding carboxylic acids is 2. The standard InChI is InChI=1S/C26H26ClF2N3O4S/c1-30-26(34)24(14-18-6-4-3-5-7-18)31(16-19-8-10-20(28)11-9-19)25(33)17-32(37(2,35)36)21-12-13-23(29)22(27)15-21/h3-13,15,24H,14,16-17H2,1-2H3,(H,30,34)/t24-/m0/s1. The van der Waals surface area contributed by atoms with E-state index in [4.69, 9.17) is 11.6 Å². The van der Waals surface area contributed by atoms with Crippen molar-refractivity contribution in [3.05, 3.63) is 101 Å². The van der Waals surface area contributed by atoms with Crippen LogP contribution in [0.2, 0.25) is 5.02 Å². The van der Waals surface area contributed by atoms with Crippen LogP contribution in [0.3, 0.4) is 0 Å². The number of sulfonamides is 1. The summed E-state index contributed by atoms with van der Waals surface area (Å²) in [5.74, 6) is -2.37. The molecule has 7 nitrogen and oxygen atoms in total. The summed E-state index contributed by atoms with van der Waals surface area (Å²) in [7, 11) is -2.58. The van der Waals surface area contributed by atoms with Crippen LogP contribution in [0.25, 0.3) is 0 Å². The topological polar surface area (TPSA) is 86.8 Å². The fourth-order valence-corrected chi connectivity index (χ4v) is 4.78. The zero-order valence-corrected chi connectivity index (χ0v) is 21.8. The van der Waals surface area contributed by atoms with Crippen molar-refractivity contribution >= 4 is 39.1 Å². The highest BCUT2D eigenvalue weighted by molar-refractivity contribution is 7.92. The minimum Gasteiger partial charge on any atom is -0.357 e. The Morgan fingerprint density at radius 2 is 1.62 bits per heavy atom. The molecule has 1 N–H and O–H groups in total. The Balaban J connectivity index is 2.03. The van der Waals surface area contributed by atoms with Gasteiger partial charge in [0.25, 0.3) is 0 Å². The number of nitrogens with zero attached hydrogens (tertiary/aromatic N) is 2. The molecule has 0 radical (unpaired) electrons. The van der Waals surface area contributed by atoms with Crippen molar-refractivity contribution in [2.45, 2.75) is 19.0 Å². The number of hydrogen-bond donors (Lipinski definition) is 1. The van der Waals surface area contributed by atoms with Crippen LogP contribution in [-0.4, -0.2) is 51.0 Å². The van der Waals surface area contributed by atoms with Gasteiger partial charge in [-0.3, -0.25) is 13.9 Å². The first-order valence-electron chi connectivity index (χ1n) is 11.2. The highest BCUT2D eigenvalue weighted by Gasteiger charge is 2.32. The lowest BCUT2D eigenvalue weighted by Gasteiger charge is -2.33. The van der Waals surface area contributed by atoms with E-state index in [1.165, 1.54) is 42.3 Å². The summed E-state index contributed by atoms with van der Waals surface area (Å²) in [6.07, 6.45) is 1.05. The molecule has 0 heterocycles. The van der Waals surface area contributed by atoms with Gasteiger partial charge in [-0.2, -0.15) is 0 Å². The molecule has 0 aliphatic heterocycles. The van der Waals surface area contributed by atoms with E-state index >= 15 is 0 Å². The largest absolute Gasteiger partial charge is 0.357 e. The monoisotopic (exact) mass is 549 g/mol. The Bertz CT molecular complexity index is 1360. The number of likely N-dealkylation sites (N-methyl/N-ethyl adjacent to an activating group) is 1. The van der Waals surface area contributed by atoms with Crippen LogP contribution in [0.15, 0.2) is 72.8 Å². The normalized spacial score (nSPS) is 12.0. The maximum absolute atomic E-state index is 13.7. The maximum atomic E-state index is 13.7. The predicted molar refractivity (Wildman–Crippen MR) is 139 cm³/mol. The van der Waals surface area contributed by atoms with Crippen molar-refractivity contribution in [1.82, 2.24) is 10.2 Å². The average Bonchev–Trinajstić information content (AvgIpc) is 2.87. The molecule has 0 spiro atoms. The number of carbonyl (C=O) groups is 2. The smallest absolute Gasteiger partial charge is 0.244 e. The molecule has 3 rings (SSSR count). The summed E-state index contributed by atoms with van der Waals surface area (Å²) in [5.41, 5.74) is 1.30. The van der Waals surface area contributed by atoms with Crippen molar-refractivity contribution in [2.24, 2.45) is 0 Å². The second-order valence-electron chi connectivity index (χ2n) is 8.34. The molecule has 3 aromatic rings. The Hall–Kier alpha value is -3.50. The van der Waals surface area contributed by atoms with Gasteiger partial charge in [-0.25, -0.2) is 17.2 Å². The minimum absolute atomic E-state index is 0.0106. The number of nitrogens with one attached hydrogen (secondary N) is 1. The summed E-state index contributed by atoms with van der Waals surface area (Å²) in [4.78, 5) is 27.9. The number of anilines is 1. The molecule has 2 amide bonds. The molecular formula is C26H26ClF2N3O4S. The van der Waals surface area contributed by atoms with Gasteiger partial charge < -0.3 is 10.2 Å². The fraction of sp³-hybridized carbons (Fsp3) is 0.231. The Morgan fingerprint density at radius 1 is 0.973 bits per heavy atom. The quantitative estimate of drug-likeness (QED) is 0.417. The summed E-state index contributed by atoms with van der Waals surface area (Å²) in [5, 5.41) is 2.25. The SMILES string of the molecule is CNC(=O)[C@H](Cc1ccccc1)N(Cc1ccc(F)cc1)C(=O)CN(c1ccc(F)c(Cl)c1)S(C)(=O)=O. The van der Waals surface area contributed by atoms with Crippen LogP contribution in [0, 0.1) is 11.6 Å². The van der Waals surface area contributed by atoms with Crippen molar-refractivity contribution in [1.29, 1.82) is 0 Å². The number of amides is 2. The van der Waals surface area contributed by atoms with Crippen LogP contribution in [0.4, 0.5) is 14.5 Å². The number of hydrogen-bond acceptors (Lipinski definition) is 4. The van der Waals surface area contributed by atoms with Gasteiger partial charge in [-0.1, -0.05) is 54.1 Å². The highest BCUT2D eigenvalue weighted by atomic mass is 35.5. The van der Waals surface area contributed by atoms with Crippen LogP contribution >= 0.6 is 11.6 Å². The molecule has 0 aromatic heterocycles. The maximum Gasteiger partial charge on any atom is 0.244 e. The molecule has 196 valence electrons. The van der Waals surface area contributed by atoms with E-state index in [1.54, 1.807) is 24.3 Å². The molecule has 37 heavy (non-hydrogen) atoms. The van der Waals surface area contributed by atoms with E-state index in [1.807, 2.05) is 6.07 Å². The molecule has 1 atom stereocenters. The van der Waals surface area contributed by atoms with Crippen LogP contribution < -0.4 is 9.62 Å². The first-order chi connectivity index (χ1) is 17.5. The average molecular weight is 550 g/mol. The molecule has 0 unspecified atom stereocenters. The summed E-state index contributed by atoms with van der Waals surface area (Å²) in [6, 6.07) is 16.7. The van der Waals surface area contributed by atoms with E-state index in [0.29, 0.717) is 5.56 Å². The van der Waals surface area contributed by atoms with Crippen molar-refractivity contribution in [2.75, 3.05) is 24.2 Å². The van der Waals surface area contributed by atoms with E-state index in [9.17, 15) is 26.8 Å². The third-order valence-electron chi connectivity index (χ3n) is 5.65. The lowest BCUT2D eigenvalue weighted by atomic mass is 10.0. The Labute approximate surface area is 219 Å². The van der Waals surface area contributed by atoms with Gasteiger partial charge in [0.2, 0.25) is 21.8 Å². The van der Waals surface area contributed by atoms with Crippen molar-refractivity contribution in [3.8, 4) is 0 Å². The van der Waals surface area contributed by atoms with E-state index in [0.717, 1.165) is 28.3 Å². The second-order valence-corrected chi connectivity index (χ2v) is 10.6. The predicted octanol–water partition coefficient (Wildman–Crippen LogP) is 3.77. The zero-order chi connectivity index (χ0) is 27.2. The van der Waals surface area contributed by atoms with Crippen molar-refractivity contribution < 1.29 is 26.8 Å². The number of halogens is 3. The molecule has 0 fully saturated rings. The fourth-order valence-electron chi connectivity index (χ4n) is 3.76. The van der Waals surface area contributed by atoms with Gasteiger partial charge in [-0.15, -0.1) is 0 Å². The molecule has 11 heteroatoms. The van der Waals surface area contributed by atoms with E-state index < -0.39 is 46.1 Å². The van der Waals surface area contributed by atoms with Gasteiger partial charge in [0, 0.05) is 20.0 Å². The first kappa shape index (κ1) is 28.1. The Morgan fingerprint density at radius 3 is 2.19 bits per heavy atom. The van der Waals surface area contributed by atoms with Gasteiger partial charge in [0.1, 0.15) is 24.2 Å². The Kier molecular flexibility index (Phi) is 9.23. The first-order valence-corrected chi connectivity index (χ1v) is 13.4. The van der Waals surface area contributed by atoms with Gasteiger partial charge in [0.15, 0.2) is 0 Å². The summed E-state index contributed by atoms with van der Waals surface area (Å²) >= 11 is 5.85. The number of rotatable bonds is 10. The lowest BCUT2D eigenvalue weighted by molar-refractivity contribution is -0.139. The molecule has 0 saturated carbocycles. The molecule has 0 aliphatic carbocycles. The molecule has 0 aliphatic rings. The molecule has 3 aromatic carbocycles. The summed E-state index contributed by atoms with van der Waals surface area (Å²) < 4.78 is 53.3. The third kappa shape index (κ3) is 7.50. The third-order valence-corrected chi connectivity index (χ3v) is 7.08. The molecule has 0 saturated heterocycles. The highest BCUT2D eigenvalue weighted by Crippen LogP contribution is 2.25. The van der Waals surface area contributed by atoms with Gasteiger partial charge >= 0.3 is 0 Å². The van der Waals surface area contributed by atoms with Gasteiger partial charge in [0.05, 0.1) is 17.0 Å². The number of benzene rings is 3. The minimum atomic E-state index is -4.01. The van der Waals surface area contributed by atoms with Crippen LogP contribution in [0.5, 0.6) is 0 Å². The zero-order valence-electron chi connectivity index (χ0n) is 20.2. The lowest BCUT2D eigenvalue weighted by Crippen LogP contribution is -2.52. The van der Waals surface area contributed by atoms with Gasteiger partial charge in [-0.05, 0) is 41.5 Å². The summed E-state index contributed by atoms with van der Waals surface area (Å²) in [6.45, 7) is -0.768. The molecule has 0 bridgehead atoms. The second kappa shape index (κ2) is 12.2. The van der Waals surface area contributed by atoms with E-state index in [-0.39, 0.29) is 23.7 Å². The van der Waals surface area contributed by atoms with Crippen LogP contribution in [-0.2, 0) is 32.6 Å².